The number of amides is 1. The fourth-order valence-corrected chi connectivity index (χ4v) is 2.51. The van der Waals surface area contributed by atoms with Crippen molar-refractivity contribution < 1.29 is 22.7 Å². The summed E-state index contributed by atoms with van der Waals surface area (Å²) >= 11 is 0. The molecule has 124 valence electrons. The molecule has 1 amide bonds. The molecule has 1 aromatic rings. The first kappa shape index (κ1) is 17.3. The molecule has 0 spiro atoms. The second-order valence-electron chi connectivity index (χ2n) is 5.43. The molecule has 1 fully saturated rings. The van der Waals surface area contributed by atoms with E-state index in [1.165, 1.54) is 29.2 Å². The Balaban J connectivity index is 1.94. The first-order valence-electron chi connectivity index (χ1n) is 7.32. The molecule has 0 N–H and O–H groups in total. The Kier molecular flexibility index (Phi) is 5.61. The lowest BCUT2D eigenvalue weighted by Crippen LogP contribution is -2.41. The predicted octanol–water partition coefficient (Wildman–Crippen LogP) is 3.07. The maximum atomic E-state index is 13.1. The van der Waals surface area contributed by atoms with Gasteiger partial charge in [0.1, 0.15) is 6.61 Å². The molecule has 4 nitrogen and oxygen atoms in total. The minimum Gasteiger partial charge on any atom is -0.354 e. The van der Waals surface area contributed by atoms with Gasteiger partial charge >= 0.3 is 6.18 Å². The van der Waals surface area contributed by atoms with Crippen LogP contribution in [0.4, 0.5) is 13.2 Å². The molecule has 0 bridgehead atoms. The van der Waals surface area contributed by atoms with Crippen LogP contribution >= 0.6 is 0 Å². The van der Waals surface area contributed by atoms with Crippen molar-refractivity contribution in [3.63, 3.8) is 0 Å². The van der Waals surface area contributed by atoms with Gasteiger partial charge in [-0.05, 0) is 18.4 Å². The molecule has 2 rings (SSSR count). The van der Waals surface area contributed by atoms with E-state index in [4.69, 9.17) is 10.00 Å². The third-order valence-electron chi connectivity index (χ3n) is 3.80. The molecule has 0 radical (unpaired) electrons. The van der Waals surface area contributed by atoms with Crippen LogP contribution < -0.4 is 0 Å². The van der Waals surface area contributed by atoms with E-state index >= 15 is 0 Å². The highest BCUT2D eigenvalue weighted by Crippen LogP contribution is 2.35. The summed E-state index contributed by atoms with van der Waals surface area (Å²) in [6, 6.07) is 9.37. The molecule has 1 aliphatic rings. The third kappa shape index (κ3) is 4.70. The molecule has 0 aliphatic carbocycles. The SMILES string of the molecule is N#CC1CCN(C(=O)CO[C@@H](c2ccccc2)C(F)(F)F)CC1. The highest BCUT2D eigenvalue weighted by Gasteiger charge is 2.42. The number of carbonyl (C=O) groups excluding carboxylic acids is 1. The van der Waals surface area contributed by atoms with Gasteiger partial charge in [0, 0.05) is 19.0 Å². The van der Waals surface area contributed by atoms with Gasteiger partial charge < -0.3 is 9.64 Å². The molecule has 1 aromatic carbocycles. The lowest BCUT2D eigenvalue weighted by molar-refractivity contribution is -0.224. The first-order valence-corrected chi connectivity index (χ1v) is 7.32. The molecule has 0 aromatic heterocycles. The molecule has 23 heavy (non-hydrogen) atoms. The number of hydrogen-bond donors (Lipinski definition) is 0. The number of carbonyl (C=O) groups is 1. The zero-order chi connectivity index (χ0) is 16.9. The second kappa shape index (κ2) is 7.47. The van der Waals surface area contributed by atoms with Gasteiger partial charge in [0.2, 0.25) is 5.91 Å². The van der Waals surface area contributed by atoms with Crippen molar-refractivity contribution in [2.75, 3.05) is 19.7 Å². The molecule has 1 heterocycles. The molecule has 1 saturated heterocycles. The monoisotopic (exact) mass is 326 g/mol. The number of halogens is 3. The van der Waals surface area contributed by atoms with Crippen LogP contribution in [0.1, 0.15) is 24.5 Å². The minimum absolute atomic E-state index is 0.0315. The Morgan fingerprint density at radius 2 is 1.91 bits per heavy atom. The van der Waals surface area contributed by atoms with Gasteiger partial charge in [0.25, 0.3) is 0 Å². The van der Waals surface area contributed by atoms with Gasteiger partial charge in [0.05, 0.1) is 6.07 Å². The van der Waals surface area contributed by atoms with Crippen LogP contribution in [0.5, 0.6) is 0 Å². The van der Waals surface area contributed by atoms with Crippen molar-refractivity contribution in [3.05, 3.63) is 35.9 Å². The summed E-state index contributed by atoms with van der Waals surface area (Å²) in [5, 5.41) is 8.80. The van der Waals surface area contributed by atoms with Crippen LogP contribution in [-0.4, -0.2) is 36.7 Å². The van der Waals surface area contributed by atoms with Gasteiger partial charge in [-0.15, -0.1) is 0 Å². The summed E-state index contributed by atoms with van der Waals surface area (Å²) in [7, 11) is 0. The summed E-state index contributed by atoms with van der Waals surface area (Å²) in [6.45, 7) is 0.126. The number of rotatable bonds is 4. The topological polar surface area (TPSA) is 53.3 Å². The second-order valence-corrected chi connectivity index (χ2v) is 5.43. The molecule has 1 atom stereocenters. The lowest BCUT2D eigenvalue weighted by atomic mass is 9.99. The maximum absolute atomic E-state index is 13.1. The average molecular weight is 326 g/mol. The normalized spacial score (nSPS) is 17.6. The standard InChI is InChI=1S/C16H17F3N2O2/c17-16(18,19)15(13-4-2-1-3-5-13)23-11-14(22)21-8-6-12(10-20)7-9-21/h1-5,12,15H,6-9,11H2/t15-/m0/s1. The Morgan fingerprint density at radius 1 is 1.30 bits per heavy atom. The third-order valence-corrected chi connectivity index (χ3v) is 3.80. The van der Waals surface area contributed by atoms with Crippen LogP contribution in [0.3, 0.4) is 0 Å². The van der Waals surface area contributed by atoms with Gasteiger partial charge in [-0.1, -0.05) is 30.3 Å². The van der Waals surface area contributed by atoms with Crippen molar-refractivity contribution in [1.82, 2.24) is 4.90 Å². The Labute approximate surface area is 132 Å². The zero-order valence-corrected chi connectivity index (χ0v) is 12.4. The van der Waals surface area contributed by atoms with Crippen molar-refractivity contribution in [2.45, 2.75) is 25.1 Å². The molecule has 1 aliphatic heterocycles. The Morgan fingerprint density at radius 3 is 2.43 bits per heavy atom. The number of nitrogens with zero attached hydrogens (tertiary/aromatic N) is 2. The van der Waals surface area contributed by atoms with Gasteiger partial charge in [-0.3, -0.25) is 4.79 Å². The van der Waals surface area contributed by atoms with E-state index in [1.807, 2.05) is 0 Å². The Bertz CT molecular complexity index is 561. The molecule has 0 saturated carbocycles. The summed E-state index contributed by atoms with van der Waals surface area (Å²) in [6.07, 6.45) is -5.62. The number of ether oxygens (including phenoxy) is 1. The number of alkyl halides is 3. The summed E-state index contributed by atoms with van der Waals surface area (Å²) in [5.41, 5.74) is -0.0315. The van der Waals surface area contributed by atoms with Crippen molar-refractivity contribution in [3.8, 4) is 6.07 Å². The molecule has 7 heteroatoms. The van der Waals surface area contributed by atoms with Gasteiger partial charge in [-0.2, -0.15) is 18.4 Å². The number of nitriles is 1. The summed E-state index contributed by atoms with van der Waals surface area (Å²) in [5.74, 6) is -0.571. The summed E-state index contributed by atoms with van der Waals surface area (Å²) < 4.78 is 44.2. The summed E-state index contributed by atoms with van der Waals surface area (Å²) in [4.78, 5) is 13.5. The van der Waals surface area contributed by atoms with Crippen LogP contribution in [0, 0.1) is 17.2 Å². The van der Waals surface area contributed by atoms with Crippen LogP contribution in [0.25, 0.3) is 0 Å². The van der Waals surface area contributed by atoms with Crippen molar-refractivity contribution in [1.29, 1.82) is 5.26 Å². The van der Waals surface area contributed by atoms with E-state index in [0.717, 1.165) is 0 Å². The molecular weight excluding hydrogens is 309 g/mol. The van der Waals surface area contributed by atoms with Gasteiger partial charge in [0.15, 0.2) is 6.10 Å². The average Bonchev–Trinajstić information content (AvgIpc) is 2.54. The largest absolute Gasteiger partial charge is 0.418 e. The maximum Gasteiger partial charge on any atom is 0.418 e. The van der Waals surface area contributed by atoms with E-state index in [-0.39, 0.29) is 11.5 Å². The fourth-order valence-electron chi connectivity index (χ4n) is 2.51. The Hall–Kier alpha value is -2.07. The van der Waals surface area contributed by atoms with Gasteiger partial charge in [-0.25, -0.2) is 0 Å². The minimum atomic E-state index is -4.59. The number of likely N-dealkylation sites (tertiary alicyclic amines) is 1. The molecule has 0 unspecified atom stereocenters. The highest BCUT2D eigenvalue weighted by molar-refractivity contribution is 5.77. The quantitative estimate of drug-likeness (QED) is 0.854. The highest BCUT2D eigenvalue weighted by atomic mass is 19.4. The van der Waals surface area contributed by atoms with Crippen LogP contribution in [0.2, 0.25) is 0 Å². The van der Waals surface area contributed by atoms with E-state index in [1.54, 1.807) is 6.07 Å². The van der Waals surface area contributed by atoms with Crippen LogP contribution in [-0.2, 0) is 9.53 Å². The van der Waals surface area contributed by atoms with E-state index in [0.29, 0.717) is 25.9 Å². The molecular formula is C16H17F3N2O2. The number of piperidine rings is 1. The lowest BCUT2D eigenvalue weighted by Gasteiger charge is -2.30. The number of hydrogen-bond acceptors (Lipinski definition) is 3. The smallest absolute Gasteiger partial charge is 0.354 e. The van der Waals surface area contributed by atoms with Crippen molar-refractivity contribution in [2.24, 2.45) is 5.92 Å². The number of benzene rings is 1. The fraction of sp³-hybridized carbons (Fsp3) is 0.500. The first-order chi connectivity index (χ1) is 10.9. The predicted molar refractivity (Wildman–Crippen MR) is 76.1 cm³/mol. The zero-order valence-electron chi connectivity index (χ0n) is 12.4. The van der Waals surface area contributed by atoms with E-state index in [9.17, 15) is 18.0 Å². The van der Waals surface area contributed by atoms with E-state index < -0.39 is 24.8 Å². The van der Waals surface area contributed by atoms with Crippen molar-refractivity contribution >= 4 is 5.91 Å². The van der Waals surface area contributed by atoms with E-state index in [2.05, 4.69) is 6.07 Å². The van der Waals surface area contributed by atoms with Crippen LogP contribution in [0.15, 0.2) is 30.3 Å².